The van der Waals surface area contributed by atoms with Crippen molar-refractivity contribution >= 4 is 17.5 Å². The third-order valence-corrected chi connectivity index (χ3v) is 3.04. The Morgan fingerprint density at radius 1 is 1.53 bits per heavy atom. The summed E-state index contributed by atoms with van der Waals surface area (Å²) in [6.07, 6.45) is 3.17. The molecule has 1 heterocycles. The SMILES string of the molecule is COc1cccc(Cl)c1CNC(=O)c1cnn(C)c1. The molecule has 5 nitrogen and oxygen atoms in total. The standard InChI is InChI=1S/C13H14ClN3O2/c1-17-8-9(6-16-17)13(18)15-7-10-11(14)4-3-5-12(10)19-2/h3-6,8H,7H2,1-2H3,(H,15,18). The molecule has 0 atom stereocenters. The van der Waals surface area contributed by atoms with E-state index in [1.54, 1.807) is 43.2 Å². The van der Waals surface area contributed by atoms with Crippen molar-refractivity contribution in [3.05, 3.63) is 46.7 Å². The number of halogens is 1. The predicted octanol–water partition coefficient (Wildman–Crippen LogP) is 2.01. The van der Waals surface area contributed by atoms with E-state index in [4.69, 9.17) is 16.3 Å². The van der Waals surface area contributed by atoms with E-state index in [9.17, 15) is 4.79 Å². The zero-order chi connectivity index (χ0) is 13.8. The van der Waals surface area contributed by atoms with Gasteiger partial charge in [0.05, 0.1) is 18.9 Å². The molecule has 100 valence electrons. The van der Waals surface area contributed by atoms with Crippen LogP contribution in [0.1, 0.15) is 15.9 Å². The number of rotatable bonds is 4. The fourth-order valence-electron chi connectivity index (χ4n) is 1.71. The minimum absolute atomic E-state index is 0.199. The number of benzene rings is 1. The van der Waals surface area contributed by atoms with Crippen molar-refractivity contribution in [1.29, 1.82) is 0 Å². The van der Waals surface area contributed by atoms with Crippen LogP contribution in [0.4, 0.5) is 0 Å². The molecule has 1 aromatic heterocycles. The van der Waals surface area contributed by atoms with Crippen molar-refractivity contribution in [2.45, 2.75) is 6.54 Å². The first-order valence-electron chi connectivity index (χ1n) is 5.70. The Kier molecular flexibility index (Phi) is 4.06. The molecule has 2 aromatic rings. The van der Waals surface area contributed by atoms with E-state index in [1.165, 1.54) is 6.20 Å². The highest BCUT2D eigenvalue weighted by atomic mass is 35.5. The number of ether oxygens (including phenoxy) is 1. The van der Waals surface area contributed by atoms with E-state index in [1.807, 2.05) is 0 Å². The van der Waals surface area contributed by atoms with Gasteiger partial charge in [-0.05, 0) is 12.1 Å². The van der Waals surface area contributed by atoms with E-state index >= 15 is 0 Å². The van der Waals surface area contributed by atoms with E-state index in [0.29, 0.717) is 22.9 Å². The highest BCUT2D eigenvalue weighted by molar-refractivity contribution is 6.31. The molecule has 0 aliphatic carbocycles. The number of carbonyl (C=O) groups is 1. The molecule has 1 aromatic carbocycles. The van der Waals surface area contributed by atoms with Gasteiger partial charge in [-0.25, -0.2) is 0 Å². The number of amides is 1. The molecule has 0 spiro atoms. The maximum absolute atomic E-state index is 11.9. The third kappa shape index (κ3) is 3.06. The van der Waals surface area contributed by atoms with Gasteiger partial charge in [-0.15, -0.1) is 0 Å². The average Bonchev–Trinajstić information content (AvgIpc) is 2.83. The van der Waals surface area contributed by atoms with Crippen molar-refractivity contribution in [2.75, 3.05) is 7.11 Å². The summed E-state index contributed by atoms with van der Waals surface area (Å²) < 4.78 is 6.79. The van der Waals surface area contributed by atoms with Gasteiger partial charge in [0, 0.05) is 30.4 Å². The van der Waals surface area contributed by atoms with Crippen LogP contribution in [0, 0.1) is 0 Å². The maximum atomic E-state index is 11.9. The second-order valence-corrected chi connectivity index (χ2v) is 4.41. The second-order valence-electron chi connectivity index (χ2n) is 4.01. The molecule has 1 N–H and O–H groups in total. The minimum Gasteiger partial charge on any atom is -0.496 e. The lowest BCUT2D eigenvalue weighted by molar-refractivity contribution is 0.0950. The average molecular weight is 280 g/mol. The van der Waals surface area contributed by atoms with Crippen molar-refractivity contribution in [3.63, 3.8) is 0 Å². The Morgan fingerprint density at radius 2 is 2.32 bits per heavy atom. The summed E-state index contributed by atoms with van der Waals surface area (Å²) in [7, 11) is 3.33. The fraction of sp³-hybridized carbons (Fsp3) is 0.231. The van der Waals surface area contributed by atoms with E-state index < -0.39 is 0 Å². The summed E-state index contributed by atoms with van der Waals surface area (Å²) in [5, 5.41) is 7.30. The number of aryl methyl sites for hydroxylation is 1. The first-order chi connectivity index (χ1) is 9.11. The van der Waals surface area contributed by atoms with Crippen molar-refractivity contribution in [1.82, 2.24) is 15.1 Å². The van der Waals surface area contributed by atoms with Crippen molar-refractivity contribution in [2.24, 2.45) is 7.05 Å². The monoisotopic (exact) mass is 279 g/mol. The molecule has 0 saturated heterocycles. The van der Waals surface area contributed by atoms with E-state index in [-0.39, 0.29) is 5.91 Å². The summed E-state index contributed by atoms with van der Waals surface area (Å²) >= 11 is 6.09. The number of nitrogens with one attached hydrogen (secondary N) is 1. The van der Waals surface area contributed by atoms with Crippen LogP contribution in [0.15, 0.2) is 30.6 Å². The van der Waals surface area contributed by atoms with Gasteiger partial charge in [0.15, 0.2) is 0 Å². The molecular formula is C13H14ClN3O2. The molecule has 0 aliphatic heterocycles. The molecule has 0 bridgehead atoms. The van der Waals surface area contributed by atoms with Gasteiger partial charge in [0.25, 0.3) is 5.91 Å². The molecule has 0 fully saturated rings. The van der Waals surface area contributed by atoms with Crippen LogP contribution in [0.3, 0.4) is 0 Å². The van der Waals surface area contributed by atoms with Crippen molar-refractivity contribution < 1.29 is 9.53 Å². The van der Waals surface area contributed by atoms with Gasteiger partial charge in [0.1, 0.15) is 5.75 Å². The number of carbonyl (C=O) groups excluding carboxylic acids is 1. The van der Waals surface area contributed by atoms with Gasteiger partial charge >= 0.3 is 0 Å². The lowest BCUT2D eigenvalue weighted by Gasteiger charge is -2.10. The van der Waals surface area contributed by atoms with E-state index in [0.717, 1.165) is 5.56 Å². The zero-order valence-corrected chi connectivity index (χ0v) is 11.4. The van der Waals surface area contributed by atoms with Crippen LogP contribution in [0.2, 0.25) is 5.02 Å². The minimum atomic E-state index is -0.199. The molecule has 1 amide bonds. The summed E-state index contributed by atoms with van der Waals surface area (Å²) in [4.78, 5) is 11.9. The van der Waals surface area contributed by atoms with Crippen LogP contribution in [-0.4, -0.2) is 22.8 Å². The Labute approximate surface area is 116 Å². The number of nitrogens with zero attached hydrogens (tertiary/aromatic N) is 2. The van der Waals surface area contributed by atoms with E-state index in [2.05, 4.69) is 10.4 Å². The fourth-order valence-corrected chi connectivity index (χ4v) is 1.94. The summed E-state index contributed by atoms with van der Waals surface area (Å²) in [5.41, 5.74) is 1.26. The summed E-state index contributed by atoms with van der Waals surface area (Å²) in [5.74, 6) is 0.453. The summed E-state index contributed by atoms with van der Waals surface area (Å²) in [6.45, 7) is 0.302. The number of hydrogen-bond acceptors (Lipinski definition) is 3. The van der Waals surface area contributed by atoms with Gasteiger partial charge in [0.2, 0.25) is 0 Å². The van der Waals surface area contributed by atoms with Gasteiger partial charge < -0.3 is 10.1 Å². The molecule has 6 heteroatoms. The van der Waals surface area contributed by atoms with Crippen molar-refractivity contribution in [3.8, 4) is 5.75 Å². The highest BCUT2D eigenvalue weighted by Crippen LogP contribution is 2.25. The normalized spacial score (nSPS) is 10.3. The molecule has 0 unspecified atom stereocenters. The zero-order valence-electron chi connectivity index (χ0n) is 10.7. The summed E-state index contributed by atoms with van der Waals surface area (Å²) in [6, 6.07) is 5.36. The smallest absolute Gasteiger partial charge is 0.254 e. The molecule has 0 aliphatic rings. The second kappa shape index (κ2) is 5.75. The highest BCUT2D eigenvalue weighted by Gasteiger charge is 2.11. The van der Waals surface area contributed by atoms with Gasteiger partial charge in [-0.3, -0.25) is 9.48 Å². The first kappa shape index (κ1) is 13.4. The van der Waals surface area contributed by atoms with Crippen LogP contribution < -0.4 is 10.1 Å². The quantitative estimate of drug-likeness (QED) is 0.931. The molecular weight excluding hydrogens is 266 g/mol. The van der Waals surface area contributed by atoms with Crippen LogP contribution in [-0.2, 0) is 13.6 Å². The van der Waals surface area contributed by atoms with Gasteiger partial charge in [-0.1, -0.05) is 17.7 Å². The largest absolute Gasteiger partial charge is 0.496 e. The third-order valence-electron chi connectivity index (χ3n) is 2.69. The lowest BCUT2D eigenvalue weighted by Crippen LogP contribution is -2.22. The lowest BCUT2D eigenvalue weighted by atomic mass is 10.2. The Bertz CT molecular complexity index is 595. The molecule has 19 heavy (non-hydrogen) atoms. The molecule has 0 saturated carbocycles. The van der Waals surface area contributed by atoms with Gasteiger partial charge in [-0.2, -0.15) is 5.10 Å². The first-order valence-corrected chi connectivity index (χ1v) is 6.08. The maximum Gasteiger partial charge on any atom is 0.254 e. The number of hydrogen-bond donors (Lipinski definition) is 1. The molecule has 2 rings (SSSR count). The number of aromatic nitrogens is 2. The Morgan fingerprint density at radius 3 is 2.95 bits per heavy atom. The number of methoxy groups -OCH3 is 1. The predicted molar refractivity (Wildman–Crippen MR) is 72.4 cm³/mol. The molecule has 0 radical (unpaired) electrons. The Hall–Kier alpha value is -2.01. The topological polar surface area (TPSA) is 56.1 Å². The van der Waals surface area contributed by atoms with Crippen LogP contribution in [0.5, 0.6) is 5.75 Å². The van der Waals surface area contributed by atoms with Crippen LogP contribution >= 0.6 is 11.6 Å². The Balaban J connectivity index is 2.09. The van der Waals surface area contributed by atoms with Crippen LogP contribution in [0.25, 0.3) is 0 Å².